The van der Waals surface area contributed by atoms with Crippen LogP contribution in [-0.2, 0) is 9.59 Å². The molecule has 0 aliphatic carbocycles. The van der Waals surface area contributed by atoms with Crippen molar-refractivity contribution in [2.24, 2.45) is 5.92 Å². The summed E-state index contributed by atoms with van der Waals surface area (Å²) in [4.78, 5) is 26.5. The van der Waals surface area contributed by atoms with Gasteiger partial charge in [-0.2, -0.15) is 0 Å². The number of likely N-dealkylation sites (tertiary alicyclic amines) is 1. The molecule has 0 radical (unpaired) electrons. The summed E-state index contributed by atoms with van der Waals surface area (Å²) in [6, 6.07) is 9.28. The summed E-state index contributed by atoms with van der Waals surface area (Å²) in [5.74, 6) is 0.756. The number of piperidine rings is 1. The first-order valence-electron chi connectivity index (χ1n) is 9.13. The van der Waals surface area contributed by atoms with Crippen LogP contribution < -0.4 is 10.1 Å². The van der Waals surface area contributed by atoms with Gasteiger partial charge in [0.2, 0.25) is 11.0 Å². The Labute approximate surface area is 162 Å². The summed E-state index contributed by atoms with van der Waals surface area (Å²) in [5.41, 5.74) is 0. The topological polar surface area (TPSA) is 84.4 Å². The zero-order chi connectivity index (χ0) is 19.2. The molecule has 2 heterocycles. The Morgan fingerprint density at radius 2 is 1.93 bits per heavy atom. The number of nitrogens with one attached hydrogen (secondary N) is 1. The van der Waals surface area contributed by atoms with E-state index in [4.69, 9.17) is 4.74 Å². The Balaban J connectivity index is 1.43. The minimum Gasteiger partial charge on any atom is -0.484 e. The van der Waals surface area contributed by atoms with Crippen LogP contribution in [0.2, 0.25) is 0 Å². The number of aromatic nitrogens is 2. The van der Waals surface area contributed by atoms with E-state index in [0.29, 0.717) is 42.7 Å². The molecule has 3 rings (SSSR count). The van der Waals surface area contributed by atoms with E-state index in [1.165, 1.54) is 11.3 Å². The number of ether oxygens (including phenoxy) is 1. The normalized spacial score (nSPS) is 15.0. The third-order valence-electron chi connectivity index (χ3n) is 4.49. The van der Waals surface area contributed by atoms with Gasteiger partial charge in [-0.15, -0.1) is 10.2 Å². The molecule has 144 valence electrons. The molecule has 0 saturated carbocycles. The van der Waals surface area contributed by atoms with Gasteiger partial charge in [0, 0.05) is 24.9 Å². The molecule has 2 amide bonds. The molecule has 1 aromatic carbocycles. The first-order chi connectivity index (χ1) is 13.0. The van der Waals surface area contributed by atoms with Crippen LogP contribution in [0, 0.1) is 5.92 Å². The lowest BCUT2D eigenvalue weighted by Crippen LogP contribution is -2.43. The number of anilines is 1. The molecule has 1 aromatic heterocycles. The lowest BCUT2D eigenvalue weighted by Gasteiger charge is -2.31. The standard InChI is InChI=1S/C19H24N4O3S/c1-13(2)18-21-22-19(27-18)20-17(25)14-8-10-23(11-9-14)16(24)12-26-15-6-4-3-5-7-15/h3-7,13-14H,8-12H2,1-2H3,(H,20,22,25). The lowest BCUT2D eigenvalue weighted by atomic mass is 9.96. The van der Waals surface area contributed by atoms with Gasteiger partial charge in [-0.1, -0.05) is 43.4 Å². The van der Waals surface area contributed by atoms with E-state index >= 15 is 0 Å². The van der Waals surface area contributed by atoms with Gasteiger partial charge >= 0.3 is 0 Å². The highest BCUT2D eigenvalue weighted by molar-refractivity contribution is 7.15. The summed E-state index contributed by atoms with van der Waals surface area (Å²) in [6.07, 6.45) is 1.28. The molecule has 1 saturated heterocycles. The average Bonchev–Trinajstić information content (AvgIpc) is 3.16. The Hall–Kier alpha value is -2.48. The first-order valence-corrected chi connectivity index (χ1v) is 9.94. The maximum Gasteiger partial charge on any atom is 0.260 e. The molecule has 0 bridgehead atoms. The van der Waals surface area contributed by atoms with Gasteiger partial charge in [0.25, 0.3) is 5.91 Å². The lowest BCUT2D eigenvalue weighted by molar-refractivity contribution is -0.136. The molecule has 0 spiro atoms. The van der Waals surface area contributed by atoms with Crippen molar-refractivity contribution in [1.29, 1.82) is 0 Å². The van der Waals surface area contributed by atoms with Crippen molar-refractivity contribution in [2.45, 2.75) is 32.6 Å². The van der Waals surface area contributed by atoms with Crippen LogP contribution in [0.15, 0.2) is 30.3 Å². The van der Waals surface area contributed by atoms with Gasteiger partial charge < -0.3 is 15.0 Å². The Morgan fingerprint density at radius 3 is 2.56 bits per heavy atom. The Kier molecular flexibility index (Phi) is 6.39. The second-order valence-corrected chi connectivity index (χ2v) is 7.86. The van der Waals surface area contributed by atoms with Gasteiger partial charge in [-0.05, 0) is 25.0 Å². The van der Waals surface area contributed by atoms with Crippen LogP contribution >= 0.6 is 11.3 Å². The highest BCUT2D eigenvalue weighted by Gasteiger charge is 2.28. The second-order valence-electron chi connectivity index (χ2n) is 6.85. The van der Waals surface area contributed by atoms with Gasteiger partial charge in [0.15, 0.2) is 6.61 Å². The highest BCUT2D eigenvalue weighted by Crippen LogP contribution is 2.24. The van der Waals surface area contributed by atoms with Crippen molar-refractivity contribution >= 4 is 28.3 Å². The van der Waals surface area contributed by atoms with E-state index in [-0.39, 0.29) is 24.3 Å². The molecule has 1 aliphatic heterocycles. The smallest absolute Gasteiger partial charge is 0.260 e. The summed E-state index contributed by atoms with van der Waals surface area (Å²) in [6.45, 7) is 5.22. The Bertz CT molecular complexity index is 770. The van der Waals surface area contributed by atoms with E-state index in [9.17, 15) is 9.59 Å². The van der Waals surface area contributed by atoms with Gasteiger partial charge in [0.05, 0.1) is 0 Å². The van der Waals surface area contributed by atoms with Crippen LogP contribution in [0.1, 0.15) is 37.6 Å². The third kappa shape index (κ3) is 5.26. The van der Waals surface area contributed by atoms with Gasteiger partial charge in [-0.3, -0.25) is 9.59 Å². The number of nitrogens with zero attached hydrogens (tertiary/aromatic N) is 3. The van der Waals surface area contributed by atoms with Crippen molar-refractivity contribution in [1.82, 2.24) is 15.1 Å². The molecular weight excluding hydrogens is 364 g/mol. The largest absolute Gasteiger partial charge is 0.484 e. The number of para-hydroxylation sites is 1. The number of rotatable bonds is 6. The van der Waals surface area contributed by atoms with Gasteiger partial charge in [0.1, 0.15) is 10.8 Å². The predicted octanol–water partition coefficient (Wildman–Crippen LogP) is 2.92. The minimum absolute atomic E-state index is 0.0175. The van der Waals surface area contributed by atoms with Crippen LogP contribution in [-0.4, -0.2) is 46.6 Å². The van der Waals surface area contributed by atoms with Crippen LogP contribution in [0.5, 0.6) is 5.75 Å². The Morgan fingerprint density at radius 1 is 1.22 bits per heavy atom. The van der Waals surface area contributed by atoms with Crippen LogP contribution in [0.25, 0.3) is 0 Å². The van der Waals surface area contributed by atoms with E-state index in [1.54, 1.807) is 4.90 Å². The average molecular weight is 388 g/mol. The molecule has 2 aromatic rings. The fraction of sp³-hybridized carbons (Fsp3) is 0.474. The molecule has 1 aliphatic rings. The second kappa shape index (κ2) is 8.94. The number of carbonyl (C=O) groups is 2. The number of amides is 2. The molecule has 0 unspecified atom stereocenters. The number of hydrogen-bond donors (Lipinski definition) is 1. The van der Waals surface area contributed by atoms with Crippen LogP contribution in [0.4, 0.5) is 5.13 Å². The molecule has 8 heteroatoms. The third-order valence-corrected chi connectivity index (χ3v) is 5.63. The van der Waals surface area contributed by atoms with Crippen molar-refractivity contribution in [3.63, 3.8) is 0 Å². The van der Waals surface area contributed by atoms with Crippen molar-refractivity contribution in [2.75, 3.05) is 25.0 Å². The summed E-state index contributed by atoms with van der Waals surface area (Å²) in [5, 5.41) is 12.4. The quantitative estimate of drug-likeness (QED) is 0.822. The molecule has 27 heavy (non-hydrogen) atoms. The maximum absolute atomic E-state index is 12.4. The van der Waals surface area contributed by atoms with Crippen molar-refractivity contribution in [3.8, 4) is 5.75 Å². The maximum atomic E-state index is 12.4. The monoisotopic (exact) mass is 388 g/mol. The summed E-state index contributed by atoms with van der Waals surface area (Å²) in [7, 11) is 0. The number of benzene rings is 1. The molecular formula is C19H24N4O3S. The predicted molar refractivity (Wildman–Crippen MR) is 104 cm³/mol. The van der Waals surface area contributed by atoms with E-state index < -0.39 is 0 Å². The fourth-order valence-corrected chi connectivity index (χ4v) is 3.62. The van der Waals surface area contributed by atoms with Crippen molar-refractivity contribution in [3.05, 3.63) is 35.3 Å². The molecule has 1 N–H and O–H groups in total. The number of hydrogen-bond acceptors (Lipinski definition) is 6. The molecule has 1 fully saturated rings. The SMILES string of the molecule is CC(C)c1nnc(NC(=O)C2CCN(C(=O)COc3ccccc3)CC2)s1. The highest BCUT2D eigenvalue weighted by atomic mass is 32.1. The van der Waals surface area contributed by atoms with E-state index in [0.717, 1.165) is 5.01 Å². The minimum atomic E-state index is -0.115. The number of carbonyl (C=O) groups excluding carboxylic acids is 2. The molecule has 0 atom stereocenters. The van der Waals surface area contributed by atoms with Crippen LogP contribution in [0.3, 0.4) is 0 Å². The zero-order valence-electron chi connectivity index (χ0n) is 15.6. The van der Waals surface area contributed by atoms with Crippen molar-refractivity contribution < 1.29 is 14.3 Å². The van der Waals surface area contributed by atoms with Gasteiger partial charge in [-0.25, -0.2) is 0 Å². The summed E-state index contributed by atoms with van der Waals surface area (Å²) >= 11 is 1.41. The zero-order valence-corrected chi connectivity index (χ0v) is 16.4. The summed E-state index contributed by atoms with van der Waals surface area (Å²) < 4.78 is 5.51. The van der Waals surface area contributed by atoms with E-state index in [2.05, 4.69) is 15.5 Å². The first kappa shape index (κ1) is 19.3. The molecule has 7 nitrogen and oxygen atoms in total. The fourth-order valence-electron chi connectivity index (χ4n) is 2.87. The van der Waals surface area contributed by atoms with E-state index in [1.807, 2.05) is 44.2 Å².